The summed E-state index contributed by atoms with van der Waals surface area (Å²) in [6, 6.07) is 25.5. The predicted molar refractivity (Wildman–Crippen MR) is 161 cm³/mol. The number of para-hydroxylation sites is 1. The van der Waals surface area contributed by atoms with Crippen LogP contribution in [0.4, 0.5) is 0 Å². The van der Waals surface area contributed by atoms with Gasteiger partial charge in [0.15, 0.2) is 6.61 Å². The maximum atomic E-state index is 14.0. The first-order valence-electron chi connectivity index (χ1n) is 14.6. The fraction of sp³-hybridized carbons (Fsp3) is 0.429. The maximum Gasteiger partial charge on any atom is 0.261 e. The molecule has 5 nitrogen and oxygen atoms in total. The highest BCUT2D eigenvalue weighted by Crippen LogP contribution is 2.31. The van der Waals surface area contributed by atoms with Gasteiger partial charge in [-0.1, -0.05) is 118 Å². The van der Waals surface area contributed by atoms with E-state index in [-0.39, 0.29) is 29.9 Å². The van der Waals surface area contributed by atoms with Gasteiger partial charge in [-0.25, -0.2) is 0 Å². The molecule has 1 atom stereocenters. The number of hydrogen-bond acceptors (Lipinski definition) is 3. The first kappa shape index (κ1) is 29.4. The molecule has 5 heteroatoms. The van der Waals surface area contributed by atoms with E-state index in [2.05, 4.69) is 26.1 Å². The molecular formula is C35H44N2O3. The number of rotatable bonds is 10. The molecule has 0 spiro atoms. The zero-order valence-corrected chi connectivity index (χ0v) is 24.5. The summed E-state index contributed by atoms with van der Waals surface area (Å²) in [4.78, 5) is 29.6. The summed E-state index contributed by atoms with van der Waals surface area (Å²) >= 11 is 0. The Kier molecular flexibility index (Phi) is 10.0. The molecule has 4 rings (SSSR count). The molecule has 0 aromatic heterocycles. The number of amides is 2. The zero-order valence-electron chi connectivity index (χ0n) is 24.5. The van der Waals surface area contributed by atoms with Gasteiger partial charge in [0.05, 0.1) is 0 Å². The molecule has 1 N–H and O–H groups in total. The number of ether oxygens (including phenoxy) is 1. The number of hydrogen-bond donors (Lipinski definition) is 1. The van der Waals surface area contributed by atoms with Crippen LogP contribution < -0.4 is 10.1 Å². The highest BCUT2D eigenvalue weighted by molar-refractivity contribution is 5.88. The van der Waals surface area contributed by atoms with Crippen molar-refractivity contribution in [3.63, 3.8) is 0 Å². The lowest BCUT2D eigenvalue weighted by Gasteiger charge is -2.33. The van der Waals surface area contributed by atoms with Gasteiger partial charge in [0.25, 0.3) is 5.91 Å². The SMILES string of the molecule is Cc1ccc(CN(C(=O)COc2ccccc2C(C)(C)C)C(Cc2ccccc2)C(=O)NC2CCCCC2)cc1. The highest BCUT2D eigenvalue weighted by Gasteiger charge is 2.32. The second kappa shape index (κ2) is 13.6. The van der Waals surface area contributed by atoms with E-state index in [9.17, 15) is 9.59 Å². The number of benzene rings is 3. The van der Waals surface area contributed by atoms with Gasteiger partial charge in [-0.15, -0.1) is 0 Å². The van der Waals surface area contributed by atoms with E-state index >= 15 is 0 Å². The number of nitrogens with one attached hydrogen (secondary N) is 1. The van der Waals surface area contributed by atoms with Crippen LogP contribution in [0, 0.1) is 6.92 Å². The van der Waals surface area contributed by atoms with Gasteiger partial charge in [-0.3, -0.25) is 9.59 Å². The molecule has 2 amide bonds. The second-order valence-electron chi connectivity index (χ2n) is 12.1. The highest BCUT2D eigenvalue weighted by atomic mass is 16.5. The average Bonchev–Trinajstić information content (AvgIpc) is 2.95. The van der Waals surface area contributed by atoms with Crippen LogP contribution in [0.3, 0.4) is 0 Å². The van der Waals surface area contributed by atoms with Crippen LogP contribution in [0.5, 0.6) is 5.75 Å². The van der Waals surface area contributed by atoms with Crippen LogP contribution in [0.1, 0.15) is 75.1 Å². The van der Waals surface area contributed by atoms with Crippen LogP contribution in [0.15, 0.2) is 78.9 Å². The van der Waals surface area contributed by atoms with Gasteiger partial charge >= 0.3 is 0 Å². The van der Waals surface area contributed by atoms with Crippen molar-refractivity contribution in [2.45, 2.75) is 90.3 Å². The molecule has 0 heterocycles. The van der Waals surface area contributed by atoms with Gasteiger partial charge in [-0.2, -0.15) is 0 Å². The number of carbonyl (C=O) groups is 2. The third-order valence-corrected chi connectivity index (χ3v) is 7.74. The van der Waals surface area contributed by atoms with Crippen molar-refractivity contribution in [2.75, 3.05) is 6.61 Å². The van der Waals surface area contributed by atoms with E-state index in [4.69, 9.17) is 4.74 Å². The lowest BCUT2D eigenvalue weighted by molar-refractivity contribution is -0.143. The fourth-order valence-electron chi connectivity index (χ4n) is 5.42. The quantitative estimate of drug-likeness (QED) is 0.309. The predicted octanol–water partition coefficient (Wildman–Crippen LogP) is 6.76. The molecule has 0 radical (unpaired) electrons. The van der Waals surface area contributed by atoms with E-state index in [0.29, 0.717) is 18.7 Å². The Morgan fingerprint density at radius 3 is 2.20 bits per heavy atom. The lowest BCUT2D eigenvalue weighted by atomic mass is 9.86. The van der Waals surface area contributed by atoms with E-state index in [1.54, 1.807) is 4.90 Å². The van der Waals surface area contributed by atoms with Crippen LogP contribution in [-0.4, -0.2) is 35.4 Å². The van der Waals surface area contributed by atoms with Crippen LogP contribution in [0.2, 0.25) is 0 Å². The summed E-state index contributed by atoms with van der Waals surface area (Å²) in [5.41, 5.74) is 4.07. The van der Waals surface area contributed by atoms with E-state index in [0.717, 1.165) is 47.9 Å². The van der Waals surface area contributed by atoms with E-state index in [1.165, 1.54) is 6.42 Å². The van der Waals surface area contributed by atoms with Crippen molar-refractivity contribution in [3.05, 3.63) is 101 Å². The minimum atomic E-state index is -0.653. The molecule has 3 aromatic rings. The summed E-state index contributed by atoms with van der Waals surface area (Å²) in [6.07, 6.45) is 5.88. The largest absolute Gasteiger partial charge is 0.483 e. The molecule has 3 aromatic carbocycles. The monoisotopic (exact) mass is 540 g/mol. The van der Waals surface area contributed by atoms with Gasteiger partial charge in [0.2, 0.25) is 5.91 Å². The molecule has 0 saturated heterocycles. The summed E-state index contributed by atoms with van der Waals surface area (Å²) < 4.78 is 6.17. The molecule has 1 unspecified atom stereocenters. The minimum Gasteiger partial charge on any atom is -0.483 e. The number of aryl methyl sites for hydroxylation is 1. The van der Waals surface area contributed by atoms with Crippen LogP contribution in [-0.2, 0) is 28.0 Å². The topological polar surface area (TPSA) is 58.6 Å². The third-order valence-electron chi connectivity index (χ3n) is 7.74. The Morgan fingerprint density at radius 1 is 0.875 bits per heavy atom. The summed E-state index contributed by atoms with van der Waals surface area (Å²) in [5.74, 6) is 0.403. The van der Waals surface area contributed by atoms with Crippen molar-refractivity contribution in [1.29, 1.82) is 0 Å². The fourth-order valence-corrected chi connectivity index (χ4v) is 5.42. The standard InChI is InChI=1S/C35H44N2O3/c1-26-19-21-28(22-20-26)24-37(33(38)25-40-32-18-12-11-17-30(32)35(2,3)4)31(23-27-13-7-5-8-14-27)34(39)36-29-15-9-6-10-16-29/h5,7-8,11-14,17-22,29,31H,6,9-10,15-16,23-25H2,1-4H3,(H,36,39). The first-order valence-corrected chi connectivity index (χ1v) is 14.6. The first-order chi connectivity index (χ1) is 19.2. The Hall–Kier alpha value is -3.60. The van der Waals surface area contributed by atoms with Crippen molar-refractivity contribution >= 4 is 11.8 Å². The molecular weight excluding hydrogens is 496 g/mol. The van der Waals surface area contributed by atoms with Crippen LogP contribution in [0.25, 0.3) is 0 Å². The lowest BCUT2D eigenvalue weighted by Crippen LogP contribution is -2.53. The Labute approximate surface area is 239 Å². The normalized spacial score (nSPS) is 14.8. The van der Waals surface area contributed by atoms with Gasteiger partial charge < -0.3 is 15.0 Å². The smallest absolute Gasteiger partial charge is 0.261 e. The Morgan fingerprint density at radius 2 is 1.52 bits per heavy atom. The molecule has 40 heavy (non-hydrogen) atoms. The van der Waals surface area contributed by atoms with Crippen molar-refractivity contribution in [2.24, 2.45) is 0 Å². The van der Waals surface area contributed by atoms with Gasteiger partial charge in [0, 0.05) is 19.0 Å². The molecule has 1 aliphatic rings. The second-order valence-corrected chi connectivity index (χ2v) is 12.1. The van der Waals surface area contributed by atoms with E-state index in [1.807, 2.05) is 85.8 Å². The van der Waals surface area contributed by atoms with Gasteiger partial charge in [0.1, 0.15) is 11.8 Å². The molecule has 0 bridgehead atoms. The summed E-state index contributed by atoms with van der Waals surface area (Å²) in [6.45, 7) is 8.63. The van der Waals surface area contributed by atoms with Crippen molar-refractivity contribution in [1.82, 2.24) is 10.2 Å². The van der Waals surface area contributed by atoms with E-state index < -0.39 is 6.04 Å². The molecule has 1 saturated carbocycles. The van der Waals surface area contributed by atoms with Gasteiger partial charge in [-0.05, 0) is 47.9 Å². The number of nitrogens with zero attached hydrogens (tertiary/aromatic N) is 1. The van der Waals surface area contributed by atoms with Crippen molar-refractivity contribution < 1.29 is 14.3 Å². The molecule has 1 fully saturated rings. The third kappa shape index (κ3) is 8.20. The maximum absolute atomic E-state index is 14.0. The molecule has 212 valence electrons. The van der Waals surface area contributed by atoms with Crippen LogP contribution >= 0.6 is 0 Å². The molecule has 0 aliphatic heterocycles. The average molecular weight is 541 g/mol. The zero-order chi connectivity index (χ0) is 28.5. The summed E-state index contributed by atoms with van der Waals surface area (Å²) in [5, 5.41) is 3.30. The Balaban J connectivity index is 1.63. The summed E-state index contributed by atoms with van der Waals surface area (Å²) in [7, 11) is 0. The van der Waals surface area contributed by atoms with Crippen molar-refractivity contribution in [3.8, 4) is 5.75 Å². The number of carbonyl (C=O) groups excluding carboxylic acids is 2. The molecule has 1 aliphatic carbocycles. The Bertz CT molecular complexity index is 1240. The minimum absolute atomic E-state index is 0.0914.